The van der Waals surface area contributed by atoms with Gasteiger partial charge in [0, 0.05) is 11.6 Å². The quantitative estimate of drug-likeness (QED) is 0.517. The summed E-state index contributed by atoms with van der Waals surface area (Å²) in [4.78, 5) is 18.6. The first-order chi connectivity index (χ1) is 13.0. The summed E-state index contributed by atoms with van der Waals surface area (Å²) in [6.45, 7) is 6.52. The fraction of sp³-hybridized carbons (Fsp3) is 0.421. The number of nitrogens with zero attached hydrogens (tertiary/aromatic N) is 2. The molecule has 8 heteroatoms. The van der Waals surface area contributed by atoms with Gasteiger partial charge in [-0.25, -0.2) is 10.4 Å². The van der Waals surface area contributed by atoms with Gasteiger partial charge in [0.2, 0.25) is 11.7 Å². The van der Waals surface area contributed by atoms with E-state index in [0.717, 1.165) is 12.0 Å². The largest absolute Gasteiger partial charge is 0.493 e. The Bertz CT molecular complexity index is 821. The molecule has 1 aromatic carbocycles. The molecule has 0 saturated carbocycles. The molecule has 0 aliphatic carbocycles. The molecule has 1 heterocycles. The predicted molar refractivity (Wildman–Crippen MR) is 105 cm³/mol. The van der Waals surface area contributed by atoms with Crippen LogP contribution in [0.3, 0.4) is 0 Å². The van der Waals surface area contributed by atoms with Gasteiger partial charge in [-0.05, 0) is 24.5 Å². The second-order valence-electron chi connectivity index (χ2n) is 6.15. The standard InChI is InChI=1S/C19H26N4O4/c1-6-7-27-18-15(25-4)8-13(9-16(18)26-5)11-20-23-19-21-14(12(2)3)10-17(24)22-19/h8-12H,6-7H2,1-5H3,(H2,21,22,23,24)/b20-11-. The number of ether oxygens (including phenoxy) is 3. The van der Waals surface area contributed by atoms with Crippen molar-refractivity contribution in [2.45, 2.75) is 33.1 Å². The van der Waals surface area contributed by atoms with Crippen LogP contribution in [-0.4, -0.2) is 37.0 Å². The van der Waals surface area contributed by atoms with Crippen molar-refractivity contribution in [3.63, 3.8) is 0 Å². The molecule has 27 heavy (non-hydrogen) atoms. The SMILES string of the molecule is CCCOc1c(OC)cc(/C=N\Nc2nc(C(C)C)cc(=O)[nH]2)cc1OC. The van der Waals surface area contributed by atoms with Gasteiger partial charge in [-0.2, -0.15) is 5.10 Å². The number of rotatable bonds is 9. The van der Waals surface area contributed by atoms with Crippen LogP contribution in [0.5, 0.6) is 17.2 Å². The number of aromatic amines is 1. The summed E-state index contributed by atoms with van der Waals surface area (Å²) in [7, 11) is 3.14. The van der Waals surface area contributed by atoms with Crippen LogP contribution >= 0.6 is 0 Å². The van der Waals surface area contributed by atoms with Gasteiger partial charge in [-0.3, -0.25) is 9.78 Å². The number of H-pyrrole nitrogens is 1. The van der Waals surface area contributed by atoms with Crippen molar-refractivity contribution in [2.75, 3.05) is 26.3 Å². The molecule has 0 aliphatic heterocycles. The molecule has 0 atom stereocenters. The van der Waals surface area contributed by atoms with Crippen LogP contribution in [0, 0.1) is 0 Å². The van der Waals surface area contributed by atoms with Crippen molar-refractivity contribution in [1.82, 2.24) is 9.97 Å². The number of hydrogen-bond acceptors (Lipinski definition) is 7. The first-order valence-corrected chi connectivity index (χ1v) is 8.77. The number of anilines is 1. The van der Waals surface area contributed by atoms with Gasteiger partial charge in [0.1, 0.15) is 0 Å². The molecule has 2 rings (SSSR count). The zero-order chi connectivity index (χ0) is 19.8. The van der Waals surface area contributed by atoms with E-state index in [9.17, 15) is 4.79 Å². The van der Waals surface area contributed by atoms with E-state index in [1.165, 1.54) is 6.07 Å². The monoisotopic (exact) mass is 374 g/mol. The third kappa shape index (κ3) is 5.47. The Hall–Kier alpha value is -3.03. The summed E-state index contributed by atoms with van der Waals surface area (Å²) < 4.78 is 16.5. The van der Waals surface area contributed by atoms with Crippen molar-refractivity contribution in [3.05, 3.63) is 39.8 Å². The Kier molecular flexibility index (Phi) is 7.22. The zero-order valence-electron chi connectivity index (χ0n) is 16.3. The zero-order valence-corrected chi connectivity index (χ0v) is 16.3. The Morgan fingerprint density at radius 2 is 1.89 bits per heavy atom. The molecule has 0 unspecified atom stereocenters. The fourth-order valence-electron chi connectivity index (χ4n) is 2.31. The highest BCUT2D eigenvalue weighted by Gasteiger charge is 2.13. The van der Waals surface area contributed by atoms with Gasteiger partial charge < -0.3 is 14.2 Å². The van der Waals surface area contributed by atoms with Gasteiger partial charge >= 0.3 is 0 Å². The molecule has 0 bridgehead atoms. The lowest BCUT2D eigenvalue weighted by Gasteiger charge is -2.14. The maximum atomic E-state index is 11.7. The van der Waals surface area contributed by atoms with Crippen LogP contribution in [0.1, 0.15) is 44.4 Å². The van der Waals surface area contributed by atoms with Gasteiger partial charge in [0.05, 0.1) is 32.7 Å². The lowest BCUT2D eigenvalue weighted by atomic mass is 10.1. The molecule has 146 valence electrons. The molecule has 2 aromatic rings. The molecule has 0 aliphatic rings. The molecule has 0 saturated heterocycles. The normalized spacial score (nSPS) is 11.0. The Morgan fingerprint density at radius 1 is 1.22 bits per heavy atom. The third-order valence-corrected chi connectivity index (χ3v) is 3.67. The highest BCUT2D eigenvalue weighted by molar-refractivity contribution is 5.82. The molecule has 0 amide bonds. The smallest absolute Gasteiger partial charge is 0.252 e. The van der Waals surface area contributed by atoms with Crippen molar-refractivity contribution in [1.29, 1.82) is 0 Å². The Labute approximate surface area is 158 Å². The van der Waals surface area contributed by atoms with Gasteiger partial charge in [0.15, 0.2) is 11.5 Å². The number of methoxy groups -OCH3 is 2. The molecular weight excluding hydrogens is 348 g/mol. The van der Waals surface area contributed by atoms with Gasteiger partial charge in [0.25, 0.3) is 5.56 Å². The van der Waals surface area contributed by atoms with E-state index in [1.807, 2.05) is 20.8 Å². The average molecular weight is 374 g/mol. The van der Waals surface area contributed by atoms with Crippen LogP contribution in [0.2, 0.25) is 0 Å². The molecule has 0 radical (unpaired) electrons. The van der Waals surface area contributed by atoms with Crippen molar-refractivity contribution in [2.24, 2.45) is 5.10 Å². The summed E-state index contributed by atoms with van der Waals surface area (Å²) in [6.07, 6.45) is 2.46. The topological polar surface area (TPSA) is 97.8 Å². The van der Waals surface area contributed by atoms with Crippen molar-refractivity contribution < 1.29 is 14.2 Å². The predicted octanol–water partition coefficient (Wildman–Crippen LogP) is 3.15. The van der Waals surface area contributed by atoms with Gasteiger partial charge in [-0.15, -0.1) is 0 Å². The van der Waals surface area contributed by atoms with Crippen molar-refractivity contribution >= 4 is 12.2 Å². The first-order valence-electron chi connectivity index (χ1n) is 8.77. The van der Waals surface area contributed by atoms with E-state index in [0.29, 0.717) is 29.5 Å². The first kappa shape index (κ1) is 20.3. The second kappa shape index (κ2) is 9.61. The second-order valence-corrected chi connectivity index (χ2v) is 6.15. The summed E-state index contributed by atoms with van der Waals surface area (Å²) in [6, 6.07) is 5.06. The van der Waals surface area contributed by atoms with Crippen LogP contribution in [-0.2, 0) is 0 Å². The molecular formula is C19H26N4O4. The summed E-state index contributed by atoms with van der Waals surface area (Å²) in [5, 5.41) is 4.14. The third-order valence-electron chi connectivity index (χ3n) is 3.67. The van der Waals surface area contributed by atoms with E-state index in [-0.39, 0.29) is 17.4 Å². The highest BCUT2D eigenvalue weighted by atomic mass is 16.5. The van der Waals surface area contributed by atoms with Gasteiger partial charge in [-0.1, -0.05) is 20.8 Å². The number of hydrazone groups is 1. The van der Waals surface area contributed by atoms with Crippen LogP contribution in [0.15, 0.2) is 28.1 Å². The maximum Gasteiger partial charge on any atom is 0.252 e. The summed E-state index contributed by atoms with van der Waals surface area (Å²) in [5.74, 6) is 2.09. The lowest BCUT2D eigenvalue weighted by molar-refractivity contribution is 0.275. The van der Waals surface area contributed by atoms with E-state index in [1.54, 1.807) is 32.6 Å². The van der Waals surface area contributed by atoms with Crippen LogP contribution < -0.4 is 25.2 Å². The van der Waals surface area contributed by atoms with E-state index in [4.69, 9.17) is 14.2 Å². The Morgan fingerprint density at radius 3 is 2.44 bits per heavy atom. The lowest BCUT2D eigenvalue weighted by Crippen LogP contribution is -2.12. The minimum Gasteiger partial charge on any atom is -0.493 e. The molecule has 1 aromatic heterocycles. The minimum atomic E-state index is -0.229. The highest BCUT2D eigenvalue weighted by Crippen LogP contribution is 2.38. The summed E-state index contributed by atoms with van der Waals surface area (Å²) in [5.41, 5.74) is 3.94. The van der Waals surface area contributed by atoms with E-state index >= 15 is 0 Å². The molecule has 2 N–H and O–H groups in total. The molecule has 8 nitrogen and oxygen atoms in total. The Balaban J connectivity index is 2.23. The minimum absolute atomic E-state index is 0.140. The van der Waals surface area contributed by atoms with E-state index in [2.05, 4.69) is 20.5 Å². The number of hydrogen-bond donors (Lipinski definition) is 2. The molecule has 0 fully saturated rings. The fourth-order valence-corrected chi connectivity index (χ4v) is 2.31. The summed E-state index contributed by atoms with van der Waals surface area (Å²) >= 11 is 0. The number of aromatic nitrogens is 2. The molecule has 0 spiro atoms. The van der Waals surface area contributed by atoms with Crippen LogP contribution in [0.25, 0.3) is 0 Å². The van der Waals surface area contributed by atoms with Crippen molar-refractivity contribution in [3.8, 4) is 17.2 Å². The average Bonchev–Trinajstić information content (AvgIpc) is 2.65. The van der Waals surface area contributed by atoms with Crippen LogP contribution in [0.4, 0.5) is 5.95 Å². The number of benzene rings is 1. The number of nitrogens with one attached hydrogen (secondary N) is 2. The van der Waals surface area contributed by atoms with E-state index < -0.39 is 0 Å². The maximum absolute atomic E-state index is 11.7.